The molecule has 0 radical (unpaired) electrons. The lowest BCUT2D eigenvalue weighted by molar-refractivity contribution is 0.612. The van der Waals surface area contributed by atoms with Crippen LogP contribution in [0.1, 0.15) is 37.1 Å². The molecule has 2 aromatic rings. The van der Waals surface area contributed by atoms with Crippen molar-refractivity contribution >= 4 is 10.9 Å². The van der Waals surface area contributed by atoms with Gasteiger partial charge in [-0.3, -0.25) is 0 Å². The van der Waals surface area contributed by atoms with Gasteiger partial charge in [-0.15, -0.1) is 0 Å². The van der Waals surface area contributed by atoms with Gasteiger partial charge in [-0.1, -0.05) is 32.0 Å². The lowest BCUT2D eigenvalue weighted by Crippen LogP contribution is -2.10. The average Bonchev–Trinajstić information content (AvgIpc) is 2.65. The third kappa shape index (κ3) is 1.17. The Kier molecular flexibility index (Phi) is 2.27. The second-order valence-corrected chi connectivity index (χ2v) is 4.70. The zero-order valence-electron chi connectivity index (χ0n) is 10.2. The van der Waals surface area contributed by atoms with Crippen LogP contribution in [0.15, 0.2) is 18.2 Å². The number of benzene rings is 1. The van der Waals surface area contributed by atoms with E-state index >= 15 is 0 Å². The highest BCUT2D eigenvalue weighted by Gasteiger charge is 2.19. The molecule has 0 aliphatic carbocycles. The van der Waals surface area contributed by atoms with E-state index in [9.17, 15) is 0 Å². The van der Waals surface area contributed by atoms with Gasteiger partial charge >= 0.3 is 0 Å². The maximum Gasteiger partial charge on any atom is 0.0517 e. The molecule has 0 bridgehead atoms. The smallest absolute Gasteiger partial charge is 0.0517 e. The number of nitrogens with zero attached hydrogens (tertiary/aromatic N) is 1. The molecule has 1 aromatic carbocycles. The molecule has 0 saturated carbocycles. The highest BCUT2D eigenvalue weighted by atomic mass is 15.0. The molecule has 16 heavy (non-hydrogen) atoms. The third-order valence-electron chi connectivity index (χ3n) is 3.91. The molecule has 84 valence electrons. The minimum Gasteiger partial charge on any atom is -0.344 e. The summed E-state index contributed by atoms with van der Waals surface area (Å²) in [6.07, 6.45) is 4.89. The van der Waals surface area contributed by atoms with Crippen molar-refractivity contribution < 1.29 is 0 Å². The van der Waals surface area contributed by atoms with Crippen molar-refractivity contribution in [2.24, 2.45) is 0 Å². The fourth-order valence-electron chi connectivity index (χ4n) is 3.28. The largest absolute Gasteiger partial charge is 0.344 e. The molecule has 0 unspecified atom stereocenters. The first kappa shape index (κ1) is 9.95. The van der Waals surface area contributed by atoms with Gasteiger partial charge < -0.3 is 4.57 Å². The van der Waals surface area contributed by atoms with E-state index < -0.39 is 0 Å². The number of para-hydroxylation sites is 1. The normalized spacial score (nSPS) is 14.6. The number of aryl methyl sites for hydroxylation is 3. The lowest BCUT2D eigenvalue weighted by Gasteiger charge is -2.17. The maximum atomic E-state index is 2.58. The van der Waals surface area contributed by atoms with Gasteiger partial charge in [-0.05, 0) is 36.8 Å². The first-order valence-corrected chi connectivity index (χ1v) is 6.48. The van der Waals surface area contributed by atoms with E-state index in [2.05, 4.69) is 36.6 Å². The minimum absolute atomic E-state index is 1.16. The van der Waals surface area contributed by atoms with Crippen LogP contribution in [0.5, 0.6) is 0 Å². The van der Waals surface area contributed by atoms with Crippen molar-refractivity contribution in [1.82, 2.24) is 4.57 Å². The molecule has 1 nitrogen and oxygen atoms in total. The summed E-state index contributed by atoms with van der Waals surface area (Å²) in [6, 6.07) is 6.83. The highest BCUT2D eigenvalue weighted by molar-refractivity contribution is 5.88. The van der Waals surface area contributed by atoms with Crippen LogP contribution in [0.2, 0.25) is 0 Å². The lowest BCUT2D eigenvalue weighted by atomic mass is 10.0. The van der Waals surface area contributed by atoms with E-state index in [-0.39, 0.29) is 0 Å². The van der Waals surface area contributed by atoms with Gasteiger partial charge in [0, 0.05) is 17.6 Å². The van der Waals surface area contributed by atoms with Crippen molar-refractivity contribution in [3.05, 3.63) is 35.0 Å². The SMILES string of the molecule is CCc1c(CC)n2c3c(cccc13)CCC2. The summed E-state index contributed by atoms with van der Waals surface area (Å²) < 4.78 is 2.58. The van der Waals surface area contributed by atoms with E-state index in [0.29, 0.717) is 0 Å². The fraction of sp³-hybridized carbons (Fsp3) is 0.467. The zero-order valence-corrected chi connectivity index (χ0v) is 10.2. The molecule has 3 rings (SSSR count). The monoisotopic (exact) mass is 213 g/mol. The van der Waals surface area contributed by atoms with Crippen LogP contribution in [-0.4, -0.2) is 4.57 Å². The Hall–Kier alpha value is -1.24. The molecule has 0 fully saturated rings. The molecule has 0 atom stereocenters. The summed E-state index contributed by atoms with van der Waals surface area (Å²) in [7, 11) is 0. The highest BCUT2D eigenvalue weighted by Crippen LogP contribution is 2.33. The predicted molar refractivity (Wildman–Crippen MR) is 69.0 cm³/mol. The van der Waals surface area contributed by atoms with Gasteiger partial charge in [0.25, 0.3) is 0 Å². The van der Waals surface area contributed by atoms with Crippen molar-refractivity contribution in [3.8, 4) is 0 Å². The molecule has 1 aliphatic rings. The molecule has 2 heterocycles. The van der Waals surface area contributed by atoms with E-state index in [4.69, 9.17) is 0 Å². The number of hydrogen-bond acceptors (Lipinski definition) is 0. The van der Waals surface area contributed by atoms with E-state index in [1.54, 1.807) is 16.8 Å². The topological polar surface area (TPSA) is 4.93 Å². The van der Waals surface area contributed by atoms with Crippen molar-refractivity contribution in [2.45, 2.75) is 46.1 Å². The Balaban J connectivity index is 2.44. The van der Waals surface area contributed by atoms with Crippen LogP contribution in [0.25, 0.3) is 10.9 Å². The number of hydrogen-bond donors (Lipinski definition) is 0. The second-order valence-electron chi connectivity index (χ2n) is 4.70. The minimum atomic E-state index is 1.16. The first-order chi connectivity index (χ1) is 7.86. The van der Waals surface area contributed by atoms with Gasteiger partial charge in [-0.2, -0.15) is 0 Å². The average molecular weight is 213 g/mol. The molecular weight excluding hydrogens is 194 g/mol. The number of rotatable bonds is 2. The van der Waals surface area contributed by atoms with Crippen LogP contribution in [-0.2, 0) is 25.8 Å². The van der Waals surface area contributed by atoms with Gasteiger partial charge in [0.2, 0.25) is 0 Å². The van der Waals surface area contributed by atoms with Gasteiger partial charge in [-0.25, -0.2) is 0 Å². The summed E-state index contributed by atoms with van der Waals surface area (Å²) in [4.78, 5) is 0. The summed E-state index contributed by atoms with van der Waals surface area (Å²) in [5.74, 6) is 0. The van der Waals surface area contributed by atoms with E-state index in [0.717, 1.165) is 12.8 Å². The van der Waals surface area contributed by atoms with Crippen LogP contribution in [0.3, 0.4) is 0 Å². The van der Waals surface area contributed by atoms with Gasteiger partial charge in [0.15, 0.2) is 0 Å². The van der Waals surface area contributed by atoms with Crippen LogP contribution >= 0.6 is 0 Å². The molecule has 0 spiro atoms. The van der Waals surface area contributed by atoms with Crippen LogP contribution < -0.4 is 0 Å². The van der Waals surface area contributed by atoms with Crippen molar-refractivity contribution in [1.29, 1.82) is 0 Å². The Labute approximate surface area is 97.1 Å². The molecule has 1 aliphatic heterocycles. The molecule has 1 aromatic heterocycles. The van der Waals surface area contributed by atoms with Crippen molar-refractivity contribution in [3.63, 3.8) is 0 Å². The second kappa shape index (κ2) is 3.65. The van der Waals surface area contributed by atoms with E-state index in [1.165, 1.54) is 30.3 Å². The predicted octanol–water partition coefficient (Wildman–Crippen LogP) is 3.71. The molecule has 0 N–H and O–H groups in total. The van der Waals surface area contributed by atoms with Gasteiger partial charge in [0.05, 0.1) is 5.52 Å². The molecule has 0 amide bonds. The standard InChI is InChI=1S/C15H19N/c1-3-12-13-9-5-7-11-8-6-10-16(15(11)13)14(12)4-2/h5,7,9H,3-4,6,8,10H2,1-2H3. The maximum absolute atomic E-state index is 2.58. The van der Waals surface area contributed by atoms with E-state index in [1.807, 2.05) is 0 Å². The number of aromatic nitrogens is 1. The Morgan fingerprint density at radius 2 is 2.06 bits per heavy atom. The fourth-order valence-corrected chi connectivity index (χ4v) is 3.28. The van der Waals surface area contributed by atoms with Crippen LogP contribution in [0.4, 0.5) is 0 Å². The Bertz CT molecular complexity index is 534. The summed E-state index contributed by atoms with van der Waals surface area (Å²) in [6.45, 7) is 5.78. The molecule has 0 saturated heterocycles. The van der Waals surface area contributed by atoms with Crippen molar-refractivity contribution in [2.75, 3.05) is 0 Å². The Morgan fingerprint density at radius 3 is 2.81 bits per heavy atom. The zero-order chi connectivity index (χ0) is 11.1. The quantitative estimate of drug-likeness (QED) is 0.716. The van der Waals surface area contributed by atoms with Gasteiger partial charge in [0.1, 0.15) is 0 Å². The first-order valence-electron chi connectivity index (χ1n) is 6.48. The Morgan fingerprint density at radius 1 is 1.19 bits per heavy atom. The summed E-state index contributed by atoms with van der Waals surface area (Å²) in [5, 5.41) is 1.51. The molecule has 1 heteroatoms. The van der Waals surface area contributed by atoms with Crippen LogP contribution in [0, 0.1) is 0 Å². The summed E-state index contributed by atoms with van der Waals surface area (Å²) in [5.41, 5.74) is 6.24. The summed E-state index contributed by atoms with van der Waals surface area (Å²) >= 11 is 0. The third-order valence-corrected chi connectivity index (χ3v) is 3.91. The molecular formula is C15H19N.